The zero-order valence-corrected chi connectivity index (χ0v) is 14.9. The lowest BCUT2D eigenvalue weighted by molar-refractivity contribution is 0.162. The van der Waals surface area contributed by atoms with Crippen LogP contribution < -0.4 is 15.2 Å². The molecule has 0 spiro atoms. The maximum Gasteiger partial charge on any atom is 0.165 e. The van der Waals surface area contributed by atoms with Crippen LogP contribution in [0.25, 0.3) is 0 Å². The fourth-order valence-electron chi connectivity index (χ4n) is 3.98. The summed E-state index contributed by atoms with van der Waals surface area (Å²) in [6.07, 6.45) is 3.63. The summed E-state index contributed by atoms with van der Waals surface area (Å²) in [5, 5.41) is 0. The van der Waals surface area contributed by atoms with E-state index >= 15 is 0 Å². The van der Waals surface area contributed by atoms with Gasteiger partial charge in [-0.15, -0.1) is 0 Å². The van der Waals surface area contributed by atoms with Gasteiger partial charge in [-0.25, -0.2) is 0 Å². The van der Waals surface area contributed by atoms with E-state index in [4.69, 9.17) is 15.2 Å². The maximum absolute atomic E-state index is 6.55. The SMILES string of the molecule is CCC.CCC1CC(C)(N)c2ccc(OC)c3c2C1C(C)O3. The summed E-state index contributed by atoms with van der Waals surface area (Å²) >= 11 is 0. The highest BCUT2D eigenvalue weighted by Gasteiger charge is 2.47. The largest absolute Gasteiger partial charge is 0.493 e. The minimum absolute atomic E-state index is 0.214. The van der Waals surface area contributed by atoms with E-state index in [0.29, 0.717) is 11.8 Å². The molecule has 1 aliphatic heterocycles. The monoisotopic (exact) mass is 305 g/mol. The third-order valence-electron chi connectivity index (χ3n) is 4.86. The molecular weight excluding hydrogens is 274 g/mol. The molecule has 0 bridgehead atoms. The molecule has 3 heteroatoms. The zero-order valence-electron chi connectivity index (χ0n) is 14.9. The van der Waals surface area contributed by atoms with Crippen LogP contribution in [0, 0.1) is 5.92 Å². The van der Waals surface area contributed by atoms with Crippen LogP contribution in [0.5, 0.6) is 11.5 Å². The van der Waals surface area contributed by atoms with Gasteiger partial charge in [0, 0.05) is 17.0 Å². The first-order valence-electron chi connectivity index (χ1n) is 8.58. The van der Waals surface area contributed by atoms with Gasteiger partial charge in [-0.05, 0) is 37.8 Å². The molecule has 2 aliphatic rings. The maximum atomic E-state index is 6.55. The van der Waals surface area contributed by atoms with Gasteiger partial charge in [0.25, 0.3) is 0 Å². The smallest absolute Gasteiger partial charge is 0.165 e. The van der Waals surface area contributed by atoms with Crippen LogP contribution >= 0.6 is 0 Å². The Morgan fingerprint density at radius 1 is 1.32 bits per heavy atom. The Labute approximate surface area is 135 Å². The second-order valence-corrected chi connectivity index (χ2v) is 6.90. The van der Waals surface area contributed by atoms with Gasteiger partial charge in [0.15, 0.2) is 11.5 Å². The van der Waals surface area contributed by atoms with Crippen molar-refractivity contribution in [2.45, 2.75) is 71.4 Å². The van der Waals surface area contributed by atoms with Gasteiger partial charge in [-0.1, -0.05) is 39.7 Å². The van der Waals surface area contributed by atoms with Gasteiger partial charge in [-0.2, -0.15) is 0 Å². The van der Waals surface area contributed by atoms with Crippen LogP contribution in [0.1, 0.15) is 70.9 Å². The topological polar surface area (TPSA) is 44.5 Å². The lowest BCUT2D eigenvalue weighted by atomic mass is 9.66. The minimum Gasteiger partial charge on any atom is -0.493 e. The molecule has 0 saturated carbocycles. The van der Waals surface area contributed by atoms with Crippen molar-refractivity contribution in [3.63, 3.8) is 0 Å². The standard InChI is InChI=1S/C16H23NO2.C3H8/c1-5-10-8-16(3,17)11-6-7-12(18-4)15-14(11)13(10)9(2)19-15;1-3-2/h6-7,9-10,13H,5,8,17H2,1-4H3;3H2,1-2H3. The quantitative estimate of drug-likeness (QED) is 0.869. The molecule has 0 fully saturated rings. The molecule has 1 aromatic carbocycles. The average molecular weight is 305 g/mol. The summed E-state index contributed by atoms with van der Waals surface area (Å²) < 4.78 is 11.5. The molecule has 1 aliphatic carbocycles. The first kappa shape index (κ1) is 17.1. The number of ether oxygens (including phenoxy) is 2. The lowest BCUT2D eigenvalue weighted by Crippen LogP contribution is -2.42. The van der Waals surface area contributed by atoms with Crippen molar-refractivity contribution in [1.82, 2.24) is 0 Å². The fourth-order valence-corrected chi connectivity index (χ4v) is 3.98. The molecule has 22 heavy (non-hydrogen) atoms. The Kier molecular flexibility index (Phi) is 5.06. The van der Waals surface area contributed by atoms with Crippen LogP contribution in [-0.4, -0.2) is 13.2 Å². The number of nitrogens with two attached hydrogens (primary N) is 1. The second-order valence-electron chi connectivity index (χ2n) is 6.90. The molecular formula is C19H31NO2. The Morgan fingerprint density at radius 2 is 1.95 bits per heavy atom. The van der Waals surface area contributed by atoms with Gasteiger partial charge >= 0.3 is 0 Å². The van der Waals surface area contributed by atoms with E-state index in [0.717, 1.165) is 24.3 Å². The van der Waals surface area contributed by atoms with Gasteiger partial charge in [0.2, 0.25) is 0 Å². The Bertz CT molecular complexity index is 524. The van der Waals surface area contributed by atoms with Crippen molar-refractivity contribution in [3.05, 3.63) is 23.3 Å². The number of rotatable bonds is 2. The minimum atomic E-state index is -0.263. The normalized spacial score (nSPS) is 31.7. The summed E-state index contributed by atoms with van der Waals surface area (Å²) in [5.74, 6) is 2.81. The van der Waals surface area contributed by atoms with Crippen molar-refractivity contribution in [1.29, 1.82) is 0 Å². The summed E-state index contributed by atoms with van der Waals surface area (Å²) in [5.41, 5.74) is 8.83. The van der Waals surface area contributed by atoms with E-state index in [1.807, 2.05) is 6.07 Å². The summed E-state index contributed by atoms with van der Waals surface area (Å²) in [4.78, 5) is 0. The number of benzene rings is 1. The molecule has 0 saturated heterocycles. The highest BCUT2D eigenvalue weighted by molar-refractivity contribution is 5.58. The average Bonchev–Trinajstić information content (AvgIpc) is 2.81. The molecule has 4 atom stereocenters. The molecule has 3 nitrogen and oxygen atoms in total. The van der Waals surface area contributed by atoms with E-state index in [1.165, 1.54) is 17.5 Å². The van der Waals surface area contributed by atoms with Crippen LogP contribution in [0.4, 0.5) is 0 Å². The molecule has 0 aromatic heterocycles. The highest BCUT2D eigenvalue weighted by atomic mass is 16.5. The van der Waals surface area contributed by atoms with Gasteiger partial charge in [0.1, 0.15) is 6.10 Å². The Morgan fingerprint density at radius 3 is 2.50 bits per heavy atom. The number of hydrogen-bond donors (Lipinski definition) is 1. The van der Waals surface area contributed by atoms with Gasteiger partial charge in [-0.3, -0.25) is 0 Å². The molecule has 1 aromatic rings. The van der Waals surface area contributed by atoms with Crippen LogP contribution in [0.2, 0.25) is 0 Å². The van der Waals surface area contributed by atoms with E-state index in [-0.39, 0.29) is 11.6 Å². The Hall–Kier alpha value is -1.22. The molecule has 1 heterocycles. The third kappa shape index (κ3) is 2.71. The molecule has 0 amide bonds. The number of hydrogen-bond acceptors (Lipinski definition) is 3. The predicted molar refractivity (Wildman–Crippen MR) is 91.7 cm³/mol. The van der Waals surface area contributed by atoms with Gasteiger partial charge < -0.3 is 15.2 Å². The molecule has 2 N–H and O–H groups in total. The van der Waals surface area contributed by atoms with Gasteiger partial charge in [0.05, 0.1) is 7.11 Å². The first-order valence-corrected chi connectivity index (χ1v) is 8.58. The molecule has 0 radical (unpaired) electrons. The van der Waals surface area contributed by atoms with E-state index in [1.54, 1.807) is 7.11 Å². The van der Waals surface area contributed by atoms with E-state index in [2.05, 4.69) is 40.7 Å². The molecule has 124 valence electrons. The lowest BCUT2D eigenvalue weighted by Gasteiger charge is -2.40. The first-order chi connectivity index (χ1) is 10.4. The fraction of sp³-hybridized carbons (Fsp3) is 0.684. The van der Waals surface area contributed by atoms with E-state index in [9.17, 15) is 0 Å². The summed E-state index contributed by atoms with van der Waals surface area (Å²) in [6.45, 7) is 10.8. The van der Waals surface area contributed by atoms with Crippen LogP contribution in [0.15, 0.2) is 12.1 Å². The van der Waals surface area contributed by atoms with Crippen LogP contribution in [0.3, 0.4) is 0 Å². The van der Waals surface area contributed by atoms with Crippen molar-refractivity contribution < 1.29 is 9.47 Å². The zero-order chi connectivity index (χ0) is 16.5. The number of methoxy groups -OCH3 is 1. The third-order valence-corrected chi connectivity index (χ3v) is 4.86. The van der Waals surface area contributed by atoms with Crippen molar-refractivity contribution in [3.8, 4) is 11.5 Å². The predicted octanol–water partition coefficient (Wildman–Crippen LogP) is 4.58. The van der Waals surface area contributed by atoms with Crippen LogP contribution in [-0.2, 0) is 5.54 Å². The second kappa shape index (κ2) is 6.49. The molecule has 4 unspecified atom stereocenters. The van der Waals surface area contributed by atoms with Crippen molar-refractivity contribution in [2.24, 2.45) is 11.7 Å². The molecule has 3 rings (SSSR count). The Balaban J connectivity index is 0.000000545. The summed E-state index contributed by atoms with van der Waals surface area (Å²) in [7, 11) is 1.70. The van der Waals surface area contributed by atoms with Crippen molar-refractivity contribution >= 4 is 0 Å². The van der Waals surface area contributed by atoms with E-state index < -0.39 is 0 Å². The summed E-state index contributed by atoms with van der Waals surface area (Å²) in [6, 6.07) is 4.11. The van der Waals surface area contributed by atoms with Crippen molar-refractivity contribution in [2.75, 3.05) is 7.11 Å². The highest BCUT2D eigenvalue weighted by Crippen LogP contribution is 2.56.